The number of aryl methyl sites for hydroxylation is 2. The Labute approximate surface area is 181 Å². The molecule has 0 saturated carbocycles. The van der Waals surface area contributed by atoms with Crippen LogP contribution in [0.15, 0.2) is 36.4 Å². The average Bonchev–Trinajstić information content (AvgIpc) is 2.74. The summed E-state index contributed by atoms with van der Waals surface area (Å²) in [7, 11) is 0. The number of hydrogen-bond donors (Lipinski definition) is 3. The molecule has 0 aliphatic rings. The first-order chi connectivity index (χ1) is 14.5. The van der Waals surface area contributed by atoms with Gasteiger partial charge in [-0.1, -0.05) is 51.1 Å². The minimum atomic E-state index is -4.71. The molecule has 0 spiro atoms. The Morgan fingerprint density at radius 1 is 0.935 bits per heavy atom. The molecule has 2 aromatic carbocycles. The van der Waals surface area contributed by atoms with E-state index >= 15 is 0 Å². The van der Waals surface area contributed by atoms with E-state index in [1.165, 1.54) is 0 Å². The predicted molar refractivity (Wildman–Crippen MR) is 113 cm³/mol. The summed E-state index contributed by atoms with van der Waals surface area (Å²) in [6.07, 6.45) is -5.06. The molecule has 7 heteroatoms. The van der Waals surface area contributed by atoms with Crippen molar-refractivity contribution in [2.45, 2.75) is 70.9 Å². The summed E-state index contributed by atoms with van der Waals surface area (Å²) >= 11 is 0. The van der Waals surface area contributed by atoms with E-state index in [0.29, 0.717) is 23.3 Å². The third-order valence-electron chi connectivity index (χ3n) is 5.65. The molecular formula is C24H31F3O4. The third-order valence-corrected chi connectivity index (χ3v) is 5.65. The van der Waals surface area contributed by atoms with Crippen LogP contribution in [0.2, 0.25) is 0 Å². The van der Waals surface area contributed by atoms with Gasteiger partial charge >= 0.3 is 6.18 Å². The van der Waals surface area contributed by atoms with Crippen LogP contribution < -0.4 is 4.74 Å². The van der Waals surface area contributed by atoms with Crippen LogP contribution >= 0.6 is 0 Å². The van der Waals surface area contributed by atoms with Gasteiger partial charge in [-0.15, -0.1) is 0 Å². The molecule has 31 heavy (non-hydrogen) atoms. The summed E-state index contributed by atoms with van der Waals surface area (Å²) in [5, 5.41) is 28.0. The smallest absolute Gasteiger partial charge is 0.417 e. The van der Waals surface area contributed by atoms with Crippen molar-refractivity contribution in [3.05, 3.63) is 64.2 Å². The maximum Gasteiger partial charge on any atom is 0.417 e. The molecule has 0 aliphatic carbocycles. The van der Waals surface area contributed by atoms with Gasteiger partial charge in [0.25, 0.3) is 0 Å². The summed E-state index contributed by atoms with van der Waals surface area (Å²) in [4.78, 5) is 0. The summed E-state index contributed by atoms with van der Waals surface area (Å²) in [6, 6.07) is 11.1. The topological polar surface area (TPSA) is 69.9 Å². The number of hydrogen-bond acceptors (Lipinski definition) is 4. The van der Waals surface area contributed by atoms with Crippen molar-refractivity contribution in [1.29, 1.82) is 0 Å². The minimum Gasteiger partial charge on any atom is -0.490 e. The maximum absolute atomic E-state index is 12.5. The largest absolute Gasteiger partial charge is 0.490 e. The second kappa shape index (κ2) is 10.5. The normalized spacial score (nSPS) is 13.3. The molecule has 0 fully saturated rings. The van der Waals surface area contributed by atoms with Crippen molar-refractivity contribution in [3.63, 3.8) is 0 Å². The van der Waals surface area contributed by atoms with Crippen LogP contribution in [-0.4, -0.2) is 34.2 Å². The summed E-state index contributed by atoms with van der Waals surface area (Å²) in [5.74, 6) is 0.345. The van der Waals surface area contributed by atoms with E-state index in [4.69, 9.17) is 9.84 Å². The third kappa shape index (κ3) is 6.69. The molecule has 4 nitrogen and oxygen atoms in total. The van der Waals surface area contributed by atoms with Gasteiger partial charge in [0.15, 0.2) is 6.10 Å². The average molecular weight is 441 g/mol. The zero-order chi connectivity index (χ0) is 23.2. The van der Waals surface area contributed by atoms with Crippen LogP contribution in [0.1, 0.15) is 55.0 Å². The fourth-order valence-corrected chi connectivity index (χ4v) is 3.42. The molecule has 2 aromatic rings. The van der Waals surface area contributed by atoms with Crippen molar-refractivity contribution in [2.24, 2.45) is 0 Å². The van der Waals surface area contributed by atoms with E-state index in [1.807, 2.05) is 37.3 Å². The van der Waals surface area contributed by atoms with Gasteiger partial charge in [-0.2, -0.15) is 13.2 Å². The van der Waals surface area contributed by atoms with Crippen molar-refractivity contribution in [2.75, 3.05) is 6.61 Å². The summed E-state index contributed by atoms with van der Waals surface area (Å²) in [6.45, 7) is 5.03. The molecule has 2 rings (SSSR count). The lowest BCUT2D eigenvalue weighted by atomic mass is 9.78. The molecular weight excluding hydrogens is 409 g/mol. The van der Waals surface area contributed by atoms with E-state index < -0.39 is 18.9 Å². The standard InChI is InChI=1S/C24H31F3O4/c1-4-17-12-20(7-8-21(17)31-15-22(30)24(25,26)27)23(2,3)10-9-16-5-6-18(13-28)19(11-16)14-29/h5-8,11-12,22,28-30H,4,9-10,13-15H2,1-3H3. The van der Waals surface area contributed by atoms with E-state index in [0.717, 1.165) is 29.5 Å². The molecule has 0 amide bonds. The number of halogens is 3. The van der Waals surface area contributed by atoms with Gasteiger partial charge < -0.3 is 20.1 Å². The van der Waals surface area contributed by atoms with Crippen molar-refractivity contribution in [1.82, 2.24) is 0 Å². The van der Waals surface area contributed by atoms with E-state index in [2.05, 4.69) is 13.8 Å². The fraction of sp³-hybridized carbons (Fsp3) is 0.500. The highest BCUT2D eigenvalue weighted by molar-refractivity contribution is 5.40. The number of ether oxygens (including phenoxy) is 1. The van der Waals surface area contributed by atoms with E-state index in [1.54, 1.807) is 6.07 Å². The Bertz CT molecular complexity index is 862. The highest BCUT2D eigenvalue weighted by atomic mass is 19.4. The van der Waals surface area contributed by atoms with Crippen LogP contribution in [0.4, 0.5) is 13.2 Å². The number of aliphatic hydroxyl groups excluding tert-OH is 3. The van der Waals surface area contributed by atoms with Crippen LogP contribution in [0.3, 0.4) is 0 Å². The highest BCUT2D eigenvalue weighted by Crippen LogP contribution is 2.33. The molecule has 0 bridgehead atoms. The second-order valence-corrected chi connectivity index (χ2v) is 8.35. The lowest BCUT2D eigenvalue weighted by Crippen LogP contribution is -2.34. The Morgan fingerprint density at radius 2 is 1.61 bits per heavy atom. The molecule has 0 saturated heterocycles. The zero-order valence-electron chi connectivity index (χ0n) is 18.2. The van der Waals surface area contributed by atoms with Gasteiger partial charge in [0.05, 0.1) is 13.2 Å². The molecule has 0 heterocycles. The SMILES string of the molecule is CCc1cc(C(C)(C)CCc2ccc(CO)c(CO)c2)ccc1OCC(O)C(F)(F)F. The lowest BCUT2D eigenvalue weighted by molar-refractivity contribution is -0.210. The van der Waals surface area contributed by atoms with Crippen LogP contribution in [0.5, 0.6) is 5.75 Å². The monoisotopic (exact) mass is 440 g/mol. The quantitative estimate of drug-likeness (QED) is 0.511. The van der Waals surface area contributed by atoms with Crippen molar-refractivity contribution < 1.29 is 33.2 Å². The fourth-order valence-electron chi connectivity index (χ4n) is 3.42. The Hall–Kier alpha value is -2.09. The zero-order valence-corrected chi connectivity index (χ0v) is 18.2. The van der Waals surface area contributed by atoms with E-state index in [9.17, 15) is 23.4 Å². The summed E-state index contributed by atoms with van der Waals surface area (Å²) < 4.78 is 42.8. The first-order valence-electron chi connectivity index (χ1n) is 10.3. The van der Waals surface area contributed by atoms with Gasteiger partial charge in [-0.25, -0.2) is 0 Å². The van der Waals surface area contributed by atoms with Crippen LogP contribution in [0.25, 0.3) is 0 Å². The maximum atomic E-state index is 12.5. The molecule has 0 radical (unpaired) electrons. The van der Waals surface area contributed by atoms with Crippen molar-refractivity contribution in [3.8, 4) is 5.75 Å². The predicted octanol–water partition coefficient (Wildman–Crippen LogP) is 4.45. The number of aliphatic hydroxyl groups is 3. The Kier molecular flexibility index (Phi) is 8.51. The number of alkyl halides is 3. The first-order valence-corrected chi connectivity index (χ1v) is 10.3. The Balaban J connectivity index is 2.12. The van der Waals surface area contributed by atoms with Crippen LogP contribution in [0, 0.1) is 0 Å². The molecule has 1 atom stereocenters. The van der Waals surface area contributed by atoms with Gasteiger partial charge in [0.1, 0.15) is 12.4 Å². The minimum absolute atomic E-state index is 0.115. The lowest BCUT2D eigenvalue weighted by Gasteiger charge is -2.27. The van der Waals surface area contributed by atoms with Gasteiger partial charge in [-0.3, -0.25) is 0 Å². The van der Waals surface area contributed by atoms with E-state index in [-0.39, 0.29) is 18.6 Å². The highest BCUT2D eigenvalue weighted by Gasteiger charge is 2.38. The van der Waals surface area contributed by atoms with Gasteiger partial charge in [-0.05, 0) is 58.6 Å². The molecule has 3 N–H and O–H groups in total. The number of benzene rings is 2. The van der Waals surface area contributed by atoms with Crippen molar-refractivity contribution >= 4 is 0 Å². The Morgan fingerprint density at radius 3 is 2.19 bits per heavy atom. The van der Waals surface area contributed by atoms with Gasteiger partial charge in [0.2, 0.25) is 0 Å². The first kappa shape index (κ1) is 25.2. The van der Waals surface area contributed by atoms with Crippen LogP contribution in [-0.2, 0) is 31.5 Å². The molecule has 0 aliphatic heterocycles. The molecule has 0 aromatic heterocycles. The number of rotatable bonds is 10. The van der Waals surface area contributed by atoms with Gasteiger partial charge in [0, 0.05) is 0 Å². The molecule has 1 unspecified atom stereocenters. The molecule has 172 valence electrons. The second-order valence-electron chi connectivity index (χ2n) is 8.35. The summed E-state index contributed by atoms with van der Waals surface area (Å²) in [5.41, 5.74) is 4.12.